The zero-order valence-electron chi connectivity index (χ0n) is 14.7. The van der Waals surface area contributed by atoms with Gasteiger partial charge in [0.15, 0.2) is 5.75 Å². The molecular weight excluding hydrogens is 343 g/mol. The van der Waals surface area contributed by atoms with Crippen molar-refractivity contribution >= 4 is 31.7 Å². The molecule has 5 heteroatoms. The van der Waals surface area contributed by atoms with Crippen LogP contribution in [-0.2, 0) is 10.1 Å². The molecule has 0 aliphatic rings. The summed E-state index contributed by atoms with van der Waals surface area (Å²) in [7, 11) is -3.93. The summed E-state index contributed by atoms with van der Waals surface area (Å²) in [6, 6.07) is 25.5. The average molecular weight is 358 g/mol. The first kappa shape index (κ1) is 18.0. The summed E-state index contributed by atoms with van der Waals surface area (Å²) in [5.74, 6) is 0.334. The third-order valence-electron chi connectivity index (χ3n) is 3.97. The summed E-state index contributed by atoms with van der Waals surface area (Å²) in [4.78, 5) is 0.175. The van der Waals surface area contributed by atoms with Gasteiger partial charge in [0.1, 0.15) is 4.90 Å². The van der Waals surface area contributed by atoms with E-state index in [0.29, 0.717) is 11.1 Å². The molecule has 0 aromatic heterocycles. The summed E-state index contributed by atoms with van der Waals surface area (Å²) in [6.07, 6.45) is 0. The van der Waals surface area contributed by atoms with Crippen molar-refractivity contribution in [1.82, 2.24) is 0 Å². The molecule has 0 saturated heterocycles. The molecule has 0 unspecified atom stereocenters. The Kier molecular flexibility index (Phi) is 5.16. The molecule has 4 aromatic rings. The van der Waals surface area contributed by atoms with Crippen molar-refractivity contribution < 1.29 is 43.6 Å². The van der Waals surface area contributed by atoms with E-state index in [0.717, 1.165) is 16.2 Å². The van der Waals surface area contributed by atoms with Gasteiger partial charge in [0.2, 0.25) is 0 Å². The molecule has 0 aliphatic heterocycles. The van der Waals surface area contributed by atoms with Crippen LogP contribution >= 0.6 is 0 Å². The number of hydrogen-bond acceptors (Lipinski definition) is 3. The van der Waals surface area contributed by atoms with Gasteiger partial charge >= 0.3 is 39.7 Å². The van der Waals surface area contributed by atoms with E-state index in [1.807, 2.05) is 54.6 Å². The minimum absolute atomic E-state index is 0. The van der Waals surface area contributed by atoms with Crippen LogP contribution in [0.25, 0.3) is 21.5 Å². The number of fused-ring (bicyclic) bond motifs is 2. The largest absolute Gasteiger partial charge is 1.00 e. The third-order valence-corrected chi connectivity index (χ3v) is 5.26. The molecule has 0 N–H and O–H groups in total. The molecule has 4 rings (SSSR count). The van der Waals surface area contributed by atoms with Gasteiger partial charge in [-0.15, -0.1) is 0 Å². The van der Waals surface area contributed by atoms with Crippen LogP contribution < -0.4 is 33.7 Å². The maximum absolute atomic E-state index is 12.8. The predicted molar refractivity (Wildman–Crippen MR) is 96.8 cm³/mol. The Morgan fingerprint density at radius 1 is 0.640 bits per heavy atom. The van der Waals surface area contributed by atoms with Gasteiger partial charge in [-0.1, -0.05) is 72.8 Å². The van der Waals surface area contributed by atoms with E-state index in [9.17, 15) is 8.42 Å². The first-order valence-corrected chi connectivity index (χ1v) is 8.96. The van der Waals surface area contributed by atoms with Gasteiger partial charge in [-0.25, -0.2) is 0 Å². The van der Waals surface area contributed by atoms with Crippen LogP contribution in [0.1, 0.15) is 1.43 Å². The molecular formula is C20H15NaO3S. The molecule has 0 spiro atoms. The quantitative estimate of drug-likeness (QED) is 0.415. The fourth-order valence-electron chi connectivity index (χ4n) is 2.85. The van der Waals surface area contributed by atoms with Crippen molar-refractivity contribution in [3.63, 3.8) is 0 Å². The van der Waals surface area contributed by atoms with Crippen molar-refractivity contribution in [2.75, 3.05) is 0 Å². The summed E-state index contributed by atoms with van der Waals surface area (Å²) >= 11 is 0. The molecule has 3 nitrogen and oxygen atoms in total. The second kappa shape index (κ2) is 7.18. The molecule has 120 valence electrons. The van der Waals surface area contributed by atoms with Crippen LogP contribution in [-0.4, -0.2) is 8.42 Å². The van der Waals surface area contributed by atoms with Crippen LogP contribution in [0.15, 0.2) is 89.8 Å². The van der Waals surface area contributed by atoms with E-state index in [4.69, 9.17) is 4.18 Å². The normalized spacial score (nSPS) is 11.2. The number of rotatable bonds is 3. The van der Waals surface area contributed by atoms with Crippen molar-refractivity contribution in [3.8, 4) is 5.75 Å². The van der Waals surface area contributed by atoms with Gasteiger partial charge in [0.05, 0.1) is 0 Å². The Morgan fingerprint density at radius 3 is 1.88 bits per heavy atom. The Bertz CT molecular complexity index is 1150. The molecule has 0 fully saturated rings. The van der Waals surface area contributed by atoms with Gasteiger partial charge in [-0.05, 0) is 22.9 Å². The fourth-order valence-corrected chi connectivity index (χ4v) is 4.02. The topological polar surface area (TPSA) is 43.4 Å². The first-order valence-electron chi connectivity index (χ1n) is 7.55. The Balaban J connectivity index is 0.00000121. The minimum atomic E-state index is -3.93. The van der Waals surface area contributed by atoms with Crippen molar-refractivity contribution in [2.45, 2.75) is 4.90 Å². The number of hydrogen-bond donors (Lipinski definition) is 0. The van der Waals surface area contributed by atoms with Crippen molar-refractivity contribution in [1.29, 1.82) is 0 Å². The monoisotopic (exact) mass is 358 g/mol. The van der Waals surface area contributed by atoms with Crippen molar-refractivity contribution in [3.05, 3.63) is 84.9 Å². The molecule has 0 amide bonds. The first-order chi connectivity index (χ1) is 11.6. The summed E-state index contributed by atoms with van der Waals surface area (Å²) in [6.45, 7) is 0. The van der Waals surface area contributed by atoms with Gasteiger partial charge in [0.25, 0.3) is 0 Å². The summed E-state index contributed by atoms with van der Waals surface area (Å²) in [5, 5.41) is 3.22. The number of benzene rings is 4. The maximum Gasteiger partial charge on any atom is 1.00 e. The smallest absolute Gasteiger partial charge is 1.00 e. The van der Waals surface area contributed by atoms with Gasteiger partial charge in [-0.3, -0.25) is 0 Å². The molecule has 0 heterocycles. The van der Waals surface area contributed by atoms with Gasteiger partial charge in [0, 0.05) is 10.8 Å². The van der Waals surface area contributed by atoms with Gasteiger partial charge < -0.3 is 5.61 Å². The molecule has 0 aliphatic carbocycles. The van der Waals surface area contributed by atoms with E-state index >= 15 is 0 Å². The van der Waals surface area contributed by atoms with E-state index in [2.05, 4.69) is 0 Å². The zero-order valence-corrected chi connectivity index (χ0v) is 16.5. The van der Waals surface area contributed by atoms with Crippen molar-refractivity contribution in [2.24, 2.45) is 0 Å². The van der Waals surface area contributed by atoms with Crippen LogP contribution in [0.4, 0.5) is 0 Å². The second-order valence-corrected chi connectivity index (χ2v) is 7.01. The van der Waals surface area contributed by atoms with Crippen LogP contribution in [0, 0.1) is 0 Å². The van der Waals surface area contributed by atoms with E-state index in [1.54, 1.807) is 30.3 Å². The average Bonchev–Trinajstić information content (AvgIpc) is 2.61. The van der Waals surface area contributed by atoms with Crippen LogP contribution in [0.3, 0.4) is 0 Å². The zero-order chi connectivity index (χ0) is 16.6. The Hall–Kier alpha value is -1.85. The fraction of sp³-hybridized carbons (Fsp3) is 0. The van der Waals surface area contributed by atoms with Gasteiger partial charge in [-0.2, -0.15) is 8.42 Å². The SMILES string of the molecule is O=S(=O)(Oc1cccc2ccccc12)c1cccc2ccccc12.[H-].[Na+]. The molecule has 0 radical (unpaired) electrons. The third kappa shape index (κ3) is 3.44. The maximum atomic E-state index is 12.8. The minimum Gasteiger partial charge on any atom is -1.00 e. The Morgan fingerprint density at radius 2 is 1.16 bits per heavy atom. The summed E-state index contributed by atoms with van der Waals surface area (Å²) in [5.41, 5.74) is 0. The molecule has 0 saturated carbocycles. The summed E-state index contributed by atoms with van der Waals surface area (Å²) < 4.78 is 31.2. The molecule has 0 atom stereocenters. The Labute approximate surface area is 170 Å². The van der Waals surface area contributed by atoms with Crippen LogP contribution in [0.2, 0.25) is 0 Å². The van der Waals surface area contributed by atoms with Crippen LogP contribution in [0.5, 0.6) is 5.75 Å². The second-order valence-electron chi connectivity index (χ2n) is 5.49. The molecule has 0 bridgehead atoms. The van der Waals surface area contributed by atoms with E-state index < -0.39 is 10.1 Å². The van der Waals surface area contributed by atoms with E-state index in [1.165, 1.54) is 0 Å². The molecule has 4 aromatic carbocycles. The predicted octanol–water partition coefficient (Wildman–Crippen LogP) is 1.88. The standard InChI is InChI=1S/C20H14O3S.Na.H/c21-24(22,20-14-6-10-16-8-2-4-12-18(16)20)23-19-13-5-9-15-7-1-3-11-17(15)19;;/h1-14H;;/q;+1;-1. The van der Waals surface area contributed by atoms with E-state index in [-0.39, 0.29) is 35.9 Å². The molecule has 25 heavy (non-hydrogen) atoms.